The van der Waals surface area contributed by atoms with Gasteiger partial charge in [-0.05, 0) is 64.6 Å². The van der Waals surface area contributed by atoms with Crippen molar-refractivity contribution in [3.05, 3.63) is 31.6 Å². The molecule has 8 heteroatoms. The maximum atomic E-state index is 6.21. The molecule has 0 aliphatic heterocycles. The van der Waals surface area contributed by atoms with Crippen LogP contribution in [0.5, 0.6) is 11.5 Å². The Kier molecular flexibility index (Phi) is 10.8. The molecule has 1 aromatic carbocycles. The Balaban J connectivity index is 2.43. The van der Waals surface area contributed by atoms with Crippen LogP contribution in [0.2, 0.25) is 10.0 Å². The van der Waals surface area contributed by atoms with E-state index in [1.165, 1.54) is 0 Å². The highest BCUT2D eigenvalue weighted by Gasteiger charge is 2.10. The number of halogens is 4. The lowest BCUT2D eigenvalue weighted by molar-refractivity contribution is 0.135. The largest absolute Gasteiger partial charge is 0.490 e. The van der Waals surface area contributed by atoms with Crippen molar-refractivity contribution in [1.82, 2.24) is 0 Å². The molecule has 0 spiro atoms. The Morgan fingerprint density at radius 2 is 1.71 bits per heavy atom. The number of benzene rings is 1. The molecule has 0 N–H and O–H groups in total. The third-order valence-corrected chi connectivity index (χ3v) is 3.79. The zero-order valence-corrected chi connectivity index (χ0v) is 18.1. The van der Waals surface area contributed by atoms with Gasteiger partial charge in [0.25, 0.3) is 0 Å². The predicted molar refractivity (Wildman–Crippen MR) is 107 cm³/mol. The van der Waals surface area contributed by atoms with Gasteiger partial charge in [0.2, 0.25) is 0 Å². The van der Waals surface area contributed by atoms with Gasteiger partial charge >= 0.3 is 0 Å². The second-order valence-electron chi connectivity index (χ2n) is 4.95. The van der Waals surface area contributed by atoms with E-state index in [2.05, 4.69) is 37.0 Å². The van der Waals surface area contributed by atoms with Crippen LogP contribution in [0.3, 0.4) is 0 Å². The first-order chi connectivity index (χ1) is 11.4. The minimum atomic E-state index is 0.387. The molecule has 0 atom stereocenters. The summed E-state index contributed by atoms with van der Waals surface area (Å²) in [4.78, 5) is 5.12. The maximum Gasteiger partial charge on any atom is 0.156 e. The topological polar surface area (TPSA) is 40.0 Å². The van der Waals surface area contributed by atoms with Crippen molar-refractivity contribution in [2.75, 3.05) is 19.8 Å². The highest BCUT2D eigenvalue weighted by molar-refractivity contribution is 9.28. The second kappa shape index (κ2) is 12.0. The number of hydrogen-bond donors (Lipinski definition) is 0. The fourth-order valence-electron chi connectivity index (χ4n) is 1.58. The minimum absolute atomic E-state index is 0.387. The molecule has 0 aliphatic rings. The quantitative estimate of drug-likeness (QED) is 0.206. The van der Waals surface area contributed by atoms with Gasteiger partial charge in [0.1, 0.15) is 19.0 Å². The van der Waals surface area contributed by atoms with Crippen LogP contribution in [0.1, 0.15) is 26.7 Å². The summed E-state index contributed by atoms with van der Waals surface area (Å²) in [6.07, 6.45) is 3.46. The molecule has 1 aromatic rings. The molecule has 0 unspecified atom stereocenters. The van der Waals surface area contributed by atoms with E-state index in [1.54, 1.807) is 12.1 Å². The molecule has 0 bridgehead atoms. The van der Waals surface area contributed by atoms with Gasteiger partial charge in [0.15, 0.2) is 5.75 Å². The van der Waals surface area contributed by atoms with Crippen molar-refractivity contribution in [1.29, 1.82) is 0 Å². The van der Waals surface area contributed by atoms with Gasteiger partial charge in [0, 0.05) is 12.1 Å². The number of ether oxygens (including phenoxy) is 2. The third kappa shape index (κ3) is 9.16. The number of oxime groups is 1. The van der Waals surface area contributed by atoms with Crippen LogP contribution < -0.4 is 9.47 Å². The first-order valence-electron chi connectivity index (χ1n) is 7.29. The molecule has 134 valence electrons. The van der Waals surface area contributed by atoms with E-state index in [4.69, 9.17) is 37.5 Å². The van der Waals surface area contributed by atoms with Gasteiger partial charge in [-0.15, -0.1) is 0 Å². The summed E-state index contributed by atoms with van der Waals surface area (Å²) in [7, 11) is 0. The minimum Gasteiger partial charge on any atom is -0.490 e. The van der Waals surface area contributed by atoms with Crippen molar-refractivity contribution < 1.29 is 14.3 Å². The highest BCUT2D eigenvalue weighted by Crippen LogP contribution is 2.37. The molecular weight excluding hydrogens is 485 g/mol. The summed E-state index contributed by atoms with van der Waals surface area (Å²) in [5, 5.41) is 4.70. The lowest BCUT2D eigenvalue weighted by Crippen LogP contribution is -2.01. The van der Waals surface area contributed by atoms with Crippen molar-refractivity contribution in [3.8, 4) is 11.5 Å². The second-order valence-corrected chi connectivity index (χ2v) is 8.54. The smallest absolute Gasteiger partial charge is 0.156 e. The molecule has 0 saturated carbocycles. The molecule has 0 aliphatic carbocycles. The van der Waals surface area contributed by atoms with Crippen LogP contribution in [0.15, 0.2) is 26.8 Å². The summed E-state index contributed by atoms with van der Waals surface area (Å²) < 4.78 is 12.0. The lowest BCUT2D eigenvalue weighted by atomic mass is 10.3. The van der Waals surface area contributed by atoms with Gasteiger partial charge < -0.3 is 14.3 Å². The summed E-state index contributed by atoms with van der Waals surface area (Å²) in [6.45, 7) is 5.21. The zero-order valence-electron chi connectivity index (χ0n) is 13.5. The normalized spacial score (nSPS) is 10.1. The van der Waals surface area contributed by atoms with Crippen LogP contribution in [0, 0.1) is 0 Å². The van der Waals surface area contributed by atoms with Crippen LogP contribution >= 0.6 is 55.1 Å². The molecule has 24 heavy (non-hydrogen) atoms. The number of nitrogens with zero attached hydrogens (tertiary/aromatic N) is 1. The van der Waals surface area contributed by atoms with E-state index < -0.39 is 0 Å². The van der Waals surface area contributed by atoms with Crippen LogP contribution in [-0.2, 0) is 4.84 Å². The summed E-state index contributed by atoms with van der Waals surface area (Å²) in [6, 6.07) is 3.36. The van der Waals surface area contributed by atoms with E-state index in [0.717, 1.165) is 21.9 Å². The summed E-state index contributed by atoms with van der Waals surface area (Å²) in [5.74, 6) is 1.04. The van der Waals surface area contributed by atoms with Crippen molar-refractivity contribution in [3.63, 3.8) is 0 Å². The molecule has 0 saturated heterocycles. The van der Waals surface area contributed by atoms with E-state index in [-0.39, 0.29) is 0 Å². The van der Waals surface area contributed by atoms with Crippen molar-refractivity contribution >= 4 is 60.8 Å². The van der Waals surface area contributed by atoms with Crippen LogP contribution in [0.4, 0.5) is 0 Å². The SMILES string of the molecule is CC(C)=NOCCCCOc1c(Cl)cc(OCC=C(Br)Br)cc1Cl. The lowest BCUT2D eigenvalue weighted by Gasteiger charge is -2.12. The molecular formula is C16H19Br2Cl2NO3. The van der Waals surface area contributed by atoms with Crippen LogP contribution in [-0.4, -0.2) is 25.5 Å². The van der Waals surface area contributed by atoms with Crippen molar-refractivity contribution in [2.24, 2.45) is 5.16 Å². The Bertz CT molecular complexity index is 564. The first kappa shape index (κ1) is 21.6. The Labute approximate surface area is 169 Å². The Hall–Kier alpha value is -0.430. The standard InChI is InChI=1S/C16H19Br2Cl2NO3/c1-11(2)21-24-7-4-3-6-23-16-13(19)9-12(10-14(16)20)22-8-5-15(17)18/h5,9-10H,3-4,6-8H2,1-2H3. The predicted octanol–water partition coefficient (Wildman–Crippen LogP) is 6.57. The number of unbranched alkanes of at least 4 members (excludes halogenated alkanes) is 1. The Morgan fingerprint density at radius 3 is 2.29 bits per heavy atom. The number of hydrogen-bond acceptors (Lipinski definition) is 4. The van der Waals surface area contributed by atoms with Gasteiger partial charge in [-0.3, -0.25) is 0 Å². The summed E-state index contributed by atoms with van der Waals surface area (Å²) in [5.41, 5.74) is 0.895. The average Bonchev–Trinajstić information content (AvgIpc) is 2.47. The van der Waals surface area contributed by atoms with Crippen molar-refractivity contribution in [2.45, 2.75) is 26.7 Å². The van der Waals surface area contributed by atoms with Gasteiger partial charge in [0.05, 0.1) is 25.8 Å². The number of rotatable bonds is 10. The molecule has 0 amide bonds. The van der Waals surface area contributed by atoms with E-state index in [9.17, 15) is 0 Å². The first-order valence-corrected chi connectivity index (χ1v) is 9.63. The maximum absolute atomic E-state index is 6.21. The molecule has 0 fully saturated rings. The van der Waals surface area contributed by atoms with Gasteiger partial charge in [-0.25, -0.2) is 0 Å². The van der Waals surface area contributed by atoms with E-state index in [0.29, 0.717) is 41.4 Å². The highest BCUT2D eigenvalue weighted by atomic mass is 79.9. The molecule has 0 heterocycles. The fraction of sp³-hybridized carbons (Fsp3) is 0.438. The molecule has 0 radical (unpaired) electrons. The summed E-state index contributed by atoms with van der Waals surface area (Å²) >= 11 is 18.9. The Morgan fingerprint density at radius 1 is 1.08 bits per heavy atom. The van der Waals surface area contributed by atoms with Gasteiger partial charge in [-0.2, -0.15) is 0 Å². The van der Waals surface area contributed by atoms with Gasteiger partial charge in [-0.1, -0.05) is 28.4 Å². The van der Waals surface area contributed by atoms with E-state index >= 15 is 0 Å². The molecule has 4 nitrogen and oxygen atoms in total. The molecule has 0 aromatic heterocycles. The molecule has 1 rings (SSSR count). The zero-order chi connectivity index (χ0) is 17.9. The fourth-order valence-corrected chi connectivity index (χ4v) is 2.42. The van der Waals surface area contributed by atoms with Crippen LogP contribution in [0.25, 0.3) is 0 Å². The third-order valence-electron chi connectivity index (χ3n) is 2.58. The van der Waals surface area contributed by atoms with E-state index in [1.807, 2.05) is 19.9 Å². The monoisotopic (exact) mass is 501 g/mol. The average molecular weight is 504 g/mol.